The number of nitrogen functional groups attached to an aromatic ring is 1. The topological polar surface area (TPSA) is 78.0 Å². The number of nitrogens with zero attached hydrogens (tertiary/aromatic N) is 2. The van der Waals surface area contributed by atoms with Gasteiger partial charge in [-0.15, -0.1) is 0 Å². The van der Waals surface area contributed by atoms with Crippen LogP contribution >= 0.6 is 11.6 Å². The summed E-state index contributed by atoms with van der Waals surface area (Å²) in [6, 6.07) is 4.81. The number of rotatable bonds is 2. The predicted molar refractivity (Wildman–Crippen MR) is 75.6 cm³/mol. The van der Waals surface area contributed by atoms with E-state index in [2.05, 4.69) is 5.10 Å². The maximum absolute atomic E-state index is 11.7. The molecule has 2 N–H and O–H groups in total. The second-order valence-corrected chi connectivity index (χ2v) is 6.72. The van der Waals surface area contributed by atoms with Crippen LogP contribution in [0.25, 0.3) is 5.69 Å². The third-order valence-electron chi connectivity index (χ3n) is 2.87. The van der Waals surface area contributed by atoms with Crippen molar-refractivity contribution in [3.05, 3.63) is 34.6 Å². The molecule has 7 heteroatoms. The van der Waals surface area contributed by atoms with Crippen LogP contribution in [-0.4, -0.2) is 24.5 Å². The van der Waals surface area contributed by atoms with Crippen LogP contribution in [-0.2, 0) is 9.84 Å². The molecule has 1 heterocycles. The number of sulfone groups is 1. The Kier molecular flexibility index (Phi) is 3.32. The summed E-state index contributed by atoms with van der Waals surface area (Å²) in [6.45, 7) is 3.58. The van der Waals surface area contributed by atoms with Crippen molar-refractivity contribution in [3.8, 4) is 5.69 Å². The fourth-order valence-corrected chi connectivity index (χ4v) is 2.85. The van der Waals surface area contributed by atoms with E-state index < -0.39 is 9.84 Å². The monoisotopic (exact) mass is 299 g/mol. The first-order chi connectivity index (χ1) is 8.73. The highest BCUT2D eigenvalue weighted by molar-refractivity contribution is 7.90. The fourth-order valence-electron chi connectivity index (χ4n) is 1.90. The average molecular weight is 300 g/mol. The summed E-state index contributed by atoms with van der Waals surface area (Å²) in [5.41, 5.74) is 8.02. The van der Waals surface area contributed by atoms with Crippen LogP contribution < -0.4 is 5.73 Å². The maximum Gasteiger partial charge on any atom is 0.177 e. The van der Waals surface area contributed by atoms with Gasteiger partial charge in [-0.05, 0) is 26.0 Å². The average Bonchev–Trinajstić information content (AvgIpc) is 2.56. The number of aromatic nitrogens is 2. The molecule has 2 aromatic rings. The van der Waals surface area contributed by atoms with Gasteiger partial charge >= 0.3 is 0 Å². The molecule has 0 saturated heterocycles. The van der Waals surface area contributed by atoms with Crippen LogP contribution in [0.5, 0.6) is 0 Å². The summed E-state index contributed by atoms with van der Waals surface area (Å²) in [5, 5.41) is 4.82. The van der Waals surface area contributed by atoms with Crippen molar-refractivity contribution in [2.24, 2.45) is 0 Å². The van der Waals surface area contributed by atoms with Crippen molar-refractivity contribution in [1.82, 2.24) is 9.78 Å². The van der Waals surface area contributed by atoms with Gasteiger partial charge in [0.1, 0.15) is 0 Å². The number of nitrogens with two attached hydrogens (primary N) is 1. The summed E-state index contributed by atoms with van der Waals surface area (Å²) in [6.07, 6.45) is 1.12. The van der Waals surface area contributed by atoms with E-state index in [1.807, 2.05) is 0 Å². The Morgan fingerprint density at radius 2 is 1.95 bits per heavy atom. The van der Waals surface area contributed by atoms with E-state index >= 15 is 0 Å². The summed E-state index contributed by atoms with van der Waals surface area (Å²) >= 11 is 6.09. The second-order valence-electron chi connectivity index (χ2n) is 4.36. The van der Waals surface area contributed by atoms with Crippen molar-refractivity contribution in [2.75, 3.05) is 12.0 Å². The summed E-state index contributed by atoms with van der Waals surface area (Å²) in [5.74, 6) is 0. The highest BCUT2D eigenvalue weighted by Gasteiger charge is 2.18. The SMILES string of the molecule is Cc1nn(-c2cccc(S(C)(=O)=O)c2N)c(C)c1Cl. The van der Waals surface area contributed by atoms with Gasteiger partial charge in [0.05, 0.1) is 32.7 Å². The molecule has 0 radical (unpaired) electrons. The van der Waals surface area contributed by atoms with E-state index in [1.54, 1.807) is 30.7 Å². The van der Waals surface area contributed by atoms with Gasteiger partial charge in [0, 0.05) is 6.26 Å². The number of para-hydroxylation sites is 1. The Balaban J connectivity index is 2.74. The lowest BCUT2D eigenvalue weighted by atomic mass is 10.2. The minimum atomic E-state index is -3.38. The molecule has 0 bridgehead atoms. The number of benzene rings is 1. The Hall–Kier alpha value is -1.53. The molecule has 0 aliphatic heterocycles. The predicted octanol–water partition coefficient (Wildman–Crippen LogP) is 2.13. The number of aryl methyl sites for hydroxylation is 1. The van der Waals surface area contributed by atoms with Gasteiger partial charge in [0.2, 0.25) is 0 Å². The Bertz CT molecular complexity index is 751. The highest BCUT2D eigenvalue weighted by atomic mass is 35.5. The molecular formula is C12H14ClN3O2S. The lowest BCUT2D eigenvalue weighted by molar-refractivity contribution is 0.602. The molecular weight excluding hydrogens is 286 g/mol. The van der Waals surface area contributed by atoms with Gasteiger partial charge in [-0.1, -0.05) is 17.7 Å². The molecule has 0 saturated carbocycles. The summed E-state index contributed by atoms with van der Waals surface area (Å²) in [4.78, 5) is 0.0914. The molecule has 0 unspecified atom stereocenters. The van der Waals surface area contributed by atoms with Crippen LogP contribution in [0.1, 0.15) is 11.4 Å². The molecule has 0 amide bonds. The van der Waals surface area contributed by atoms with Gasteiger partial charge < -0.3 is 5.73 Å². The standard InChI is InChI=1S/C12H14ClN3O2S/c1-7-11(13)8(2)16(15-7)9-5-4-6-10(12(9)14)19(3,17)18/h4-6H,14H2,1-3H3. The zero-order valence-electron chi connectivity index (χ0n) is 10.8. The molecule has 19 heavy (non-hydrogen) atoms. The number of halogens is 1. The molecule has 0 fully saturated rings. The summed E-state index contributed by atoms with van der Waals surface area (Å²) in [7, 11) is -3.38. The molecule has 5 nitrogen and oxygen atoms in total. The zero-order valence-corrected chi connectivity index (χ0v) is 12.4. The molecule has 0 aliphatic carbocycles. The first-order valence-corrected chi connectivity index (χ1v) is 7.81. The third-order valence-corrected chi connectivity index (χ3v) is 4.58. The van der Waals surface area contributed by atoms with Crippen LogP contribution in [0, 0.1) is 13.8 Å². The van der Waals surface area contributed by atoms with Gasteiger partial charge in [-0.25, -0.2) is 13.1 Å². The molecule has 1 aromatic heterocycles. The van der Waals surface area contributed by atoms with E-state index in [0.717, 1.165) is 11.9 Å². The van der Waals surface area contributed by atoms with Crippen LogP contribution in [0.3, 0.4) is 0 Å². The Morgan fingerprint density at radius 3 is 2.42 bits per heavy atom. The van der Waals surface area contributed by atoms with Crippen LogP contribution in [0.4, 0.5) is 5.69 Å². The number of hydrogen-bond donors (Lipinski definition) is 1. The van der Waals surface area contributed by atoms with Crippen molar-refractivity contribution >= 4 is 27.1 Å². The van der Waals surface area contributed by atoms with Gasteiger partial charge in [-0.3, -0.25) is 0 Å². The maximum atomic E-state index is 11.7. The van der Waals surface area contributed by atoms with Crippen molar-refractivity contribution in [3.63, 3.8) is 0 Å². The van der Waals surface area contributed by atoms with Crippen LogP contribution in [0.15, 0.2) is 23.1 Å². The molecule has 1 aromatic carbocycles. The quantitative estimate of drug-likeness (QED) is 0.862. The van der Waals surface area contributed by atoms with E-state index in [4.69, 9.17) is 17.3 Å². The van der Waals surface area contributed by atoms with E-state index in [0.29, 0.717) is 16.4 Å². The van der Waals surface area contributed by atoms with Crippen molar-refractivity contribution < 1.29 is 8.42 Å². The lowest BCUT2D eigenvalue weighted by Gasteiger charge is -2.11. The van der Waals surface area contributed by atoms with Gasteiger partial charge in [-0.2, -0.15) is 5.10 Å². The molecule has 0 atom stereocenters. The molecule has 0 aliphatic rings. The fraction of sp³-hybridized carbons (Fsp3) is 0.250. The molecule has 2 rings (SSSR count). The minimum Gasteiger partial charge on any atom is -0.396 e. The van der Waals surface area contributed by atoms with Crippen molar-refractivity contribution in [2.45, 2.75) is 18.7 Å². The van der Waals surface area contributed by atoms with E-state index in [1.165, 1.54) is 6.07 Å². The second kappa shape index (κ2) is 4.54. The first kappa shape index (κ1) is 13.9. The largest absolute Gasteiger partial charge is 0.396 e. The van der Waals surface area contributed by atoms with E-state index in [9.17, 15) is 8.42 Å². The first-order valence-electron chi connectivity index (χ1n) is 5.54. The highest BCUT2D eigenvalue weighted by Crippen LogP contribution is 2.29. The number of anilines is 1. The minimum absolute atomic E-state index is 0.0914. The van der Waals surface area contributed by atoms with Gasteiger partial charge in [0.15, 0.2) is 9.84 Å². The van der Waals surface area contributed by atoms with Crippen LogP contribution in [0.2, 0.25) is 5.02 Å². The Labute approximate surface area is 116 Å². The molecule has 0 spiro atoms. The molecule has 102 valence electrons. The number of hydrogen-bond acceptors (Lipinski definition) is 4. The Morgan fingerprint density at radius 1 is 1.32 bits per heavy atom. The van der Waals surface area contributed by atoms with Crippen molar-refractivity contribution in [1.29, 1.82) is 0 Å². The zero-order chi connectivity index (χ0) is 14.4. The third kappa shape index (κ3) is 2.33. The lowest BCUT2D eigenvalue weighted by Crippen LogP contribution is -2.08. The van der Waals surface area contributed by atoms with Gasteiger partial charge in [0.25, 0.3) is 0 Å². The van der Waals surface area contributed by atoms with E-state index in [-0.39, 0.29) is 10.6 Å². The smallest absolute Gasteiger partial charge is 0.177 e. The summed E-state index contributed by atoms with van der Waals surface area (Å²) < 4.78 is 24.9. The normalized spacial score (nSPS) is 11.8.